The number of carbonyl (C=O) groups is 3. The molecule has 3 amide bonds. The van der Waals surface area contributed by atoms with Crippen LogP contribution in [0.1, 0.15) is 39.0 Å². The number of nitrogens with one attached hydrogen (secondary N) is 2. The Kier molecular flexibility index (Phi) is 3.38. The van der Waals surface area contributed by atoms with Gasteiger partial charge in [0.15, 0.2) is 12.0 Å². The molecule has 0 spiro atoms. The lowest BCUT2D eigenvalue weighted by Crippen LogP contribution is -2.52. The van der Waals surface area contributed by atoms with Crippen LogP contribution >= 0.6 is 0 Å². The second-order valence-electron chi connectivity index (χ2n) is 5.39. The third-order valence-corrected chi connectivity index (χ3v) is 3.78. The van der Waals surface area contributed by atoms with E-state index in [0.29, 0.717) is 0 Å². The number of aliphatic hydroxyl groups excluding tert-OH is 1. The lowest BCUT2D eigenvalue weighted by atomic mass is 9.83. The van der Waals surface area contributed by atoms with Gasteiger partial charge >= 0.3 is 0 Å². The maximum atomic E-state index is 12.0. The van der Waals surface area contributed by atoms with Gasteiger partial charge in [0.1, 0.15) is 0 Å². The molecule has 1 heterocycles. The predicted octanol–water partition coefficient (Wildman–Crippen LogP) is -0.541. The molecule has 0 aromatic heterocycles. The zero-order chi connectivity index (χ0) is 13.3. The Bertz CT molecular complexity index is 388. The van der Waals surface area contributed by atoms with Gasteiger partial charge in [-0.3, -0.25) is 19.7 Å². The number of hydrogen-bond donors (Lipinski definition) is 3. The van der Waals surface area contributed by atoms with Gasteiger partial charge in [-0.2, -0.15) is 0 Å². The molecule has 0 radical (unpaired) electrons. The molecule has 3 N–H and O–H groups in total. The monoisotopic (exact) mass is 254 g/mol. The molecule has 6 nitrogen and oxygen atoms in total. The standard InChI is InChI=1S/C12H18N2O4/c1-12(5-3-2-4-6-12)14-10(17)7-8(15)11(18)13-9(7)16/h7-8,15H,2-6H2,1H3,(H,14,17)(H,13,16,18). The lowest BCUT2D eigenvalue weighted by molar-refractivity contribution is -0.138. The van der Waals surface area contributed by atoms with Crippen molar-refractivity contribution in [3.63, 3.8) is 0 Å². The Morgan fingerprint density at radius 1 is 1.28 bits per heavy atom. The predicted molar refractivity (Wildman–Crippen MR) is 62.3 cm³/mol. The van der Waals surface area contributed by atoms with Crippen molar-refractivity contribution in [3.05, 3.63) is 0 Å². The van der Waals surface area contributed by atoms with E-state index in [4.69, 9.17) is 0 Å². The van der Waals surface area contributed by atoms with Gasteiger partial charge in [0.2, 0.25) is 11.8 Å². The van der Waals surface area contributed by atoms with Crippen LogP contribution in [0.3, 0.4) is 0 Å². The van der Waals surface area contributed by atoms with Crippen molar-refractivity contribution in [2.45, 2.75) is 50.7 Å². The molecule has 0 aromatic carbocycles. The largest absolute Gasteiger partial charge is 0.382 e. The summed E-state index contributed by atoms with van der Waals surface area (Å²) in [4.78, 5) is 34.5. The van der Waals surface area contributed by atoms with Gasteiger partial charge in [-0.15, -0.1) is 0 Å². The fourth-order valence-electron chi connectivity index (χ4n) is 2.66. The maximum absolute atomic E-state index is 12.0. The number of aliphatic hydroxyl groups is 1. The van der Waals surface area contributed by atoms with Crippen molar-refractivity contribution in [2.75, 3.05) is 0 Å². The molecule has 1 saturated heterocycles. The highest BCUT2D eigenvalue weighted by atomic mass is 16.3. The number of hydrogen-bond acceptors (Lipinski definition) is 4. The van der Waals surface area contributed by atoms with Gasteiger partial charge in [0.25, 0.3) is 5.91 Å². The highest BCUT2D eigenvalue weighted by molar-refractivity contribution is 6.16. The summed E-state index contributed by atoms with van der Waals surface area (Å²) in [6.45, 7) is 1.94. The molecule has 1 aliphatic heterocycles. The Morgan fingerprint density at radius 3 is 2.39 bits per heavy atom. The molecule has 0 aromatic rings. The normalized spacial score (nSPS) is 31.0. The molecule has 100 valence electrons. The van der Waals surface area contributed by atoms with Gasteiger partial charge < -0.3 is 10.4 Å². The molecular weight excluding hydrogens is 236 g/mol. The van der Waals surface area contributed by atoms with Crippen molar-refractivity contribution < 1.29 is 19.5 Å². The van der Waals surface area contributed by atoms with Crippen LogP contribution in [0.5, 0.6) is 0 Å². The molecule has 2 fully saturated rings. The first-order chi connectivity index (χ1) is 8.43. The van der Waals surface area contributed by atoms with Gasteiger partial charge in [0, 0.05) is 5.54 Å². The average molecular weight is 254 g/mol. The summed E-state index contributed by atoms with van der Waals surface area (Å²) < 4.78 is 0. The van der Waals surface area contributed by atoms with E-state index in [0.717, 1.165) is 32.1 Å². The SMILES string of the molecule is CC1(NC(=O)C2C(=O)NC(=O)C2O)CCCCC1. The topological polar surface area (TPSA) is 95.5 Å². The lowest BCUT2D eigenvalue weighted by Gasteiger charge is -2.35. The summed E-state index contributed by atoms with van der Waals surface area (Å²) in [5.74, 6) is -3.38. The van der Waals surface area contributed by atoms with Gasteiger partial charge in [-0.1, -0.05) is 19.3 Å². The summed E-state index contributed by atoms with van der Waals surface area (Å²) in [5, 5.41) is 14.3. The van der Waals surface area contributed by atoms with Crippen LogP contribution in [0.15, 0.2) is 0 Å². The van der Waals surface area contributed by atoms with Crippen molar-refractivity contribution in [1.29, 1.82) is 0 Å². The molecule has 2 aliphatic rings. The van der Waals surface area contributed by atoms with Crippen LogP contribution in [0, 0.1) is 5.92 Å². The van der Waals surface area contributed by atoms with Crippen LogP contribution in [-0.2, 0) is 14.4 Å². The fraction of sp³-hybridized carbons (Fsp3) is 0.750. The zero-order valence-corrected chi connectivity index (χ0v) is 10.4. The minimum atomic E-state index is -1.57. The molecule has 6 heteroatoms. The Labute approximate surface area is 105 Å². The Balaban J connectivity index is 2.03. The molecule has 2 rings (SSSR count). The van der Waals surface area contributed by atoms with Crippen LogP contribution in [0.4, 0.5) is 0 Å². The van der Waals surface area contributed by atoms with E-state index >= 15 is 0 Å². The average Bonchev–Trinajstić information content (AvgIpc) is 2.53. The van der Waals surface area contributed by atoms with Crippen LogP contribution in [-0.4, -0.2) is 34.5 Å². The molecule has 1 aliphatic carbocycles. The van der Waals surface area contributed by atoms with E-state index in [-0.39, 0.29) is 5.54 Å². The summed E-state index contributed by atoms with van der Waals surface area (Å²) >= 11 is 0. The number of rotatable bonds is 2. The minimum Gasteiger partial charge on any atom is -0.382 e. The van der Waals surface area contributed by atoms with Crippen LogP contribution in [0.25, 0.3) is 0 Å². The Hall–Kier alpha value is -1.43. The van der Waals surface area contributed by atoms with E-state index in [1.54, 1.807) is 0 Å². The smallest absolute Gasteiger partial charge is 0.256 e. The molecule has 18 heavy (non-hydrogen) atoms. The molecule has 2 atom stereocenters. The molecule has 0 bridgehead atoms. The number of amides is 3. The molecular formula is C12H18N2O4. The maximum Gasteiger partial charge on any atom is 0.256 e. The van der Waals surface area contributed by atoms with E-state index in [9.17, 15) is 19.5 Å². The zero-order valence-electron chi connectivity index (χ0n) is 10.4. The molecule has 1 saturated carbocycles. The number of imide groups is 1. The summed E-state index contributed by atoms with van der Waals surface area (Å²) in [7, 11) is 0. The highest BCUT2D eigenvalue weighted by Crippen LogP contribution is 2.28. The van der Waals surface area contributed by atoms with Crippen LogP contribution < -0.4 is 10.6 Å². The first-order valence-electron chi connectivity index (χ1n) is 6.28. The van der Waals surface area contributed by atoms with E-state index in [1.165, 1.54) is 0 Å². The first-order valence-corrected chi connectivity index (χ1v) is 6.28. The first kappa shape index (κ1) is 13.0. The van der Waals surface area contributed by atoms with Gasteiger partial charge in [0.05, 0.1) is 0 Å². The minimum absolute atomic E-state index is 0.332. The second-order valence-corrected chi connectivity index (χ2v) is 5.39. The summed E-state index contributed by atoms with van der Waals surface area (Å²) in [6, 6.07) is 0. The van der Waals surface area contributed by atoms with Gasteiger partial charge in [-0.25, -0.2) is 0 Å². The van der Waals surface area contributed by atoms with E-state index in [1.807, 2.05) is 12.2 Å². The van der Waals surface area contributed by atoms with E-state index < -0.39 is 29.7 Å². The summed E-state index contributed by atoms with van der Waals surface area (Å²) in [5.41, 5.74) is -0.332. The third kappa shape index (κ3) is 2.38. The second kappa shape index (κ2) is 4.68. The molecule has 2 unspecified atom stereocenters. The van der Waals surface area contributed by atoms with Crippen molar-refractivity contribution in [2.24, 2.45) is 5.92 Å². The third-order valence-electron chi connectivity index (χ3n) is 3.78. The van der Waals surface area contributed by atoms with E-state index in [2.05, 4.69) is 5.32 Å². The van der Waals surface area contributed by atoms with Gasteiger partial charge in [-0.05, 0) is 19.8 Å². The van der Waals surface area contributed by atoms with Crippen LogP contribution in [0.2, 0.25) is 0 Å². The highest BCUT2D eigenvalue weighted by Gasteiger charge is 2.46. The van der Waals surface area contributed by atoms with Crippen molar-refractivity contribution in [1.82, 2.24) is 10.6 Å². The summed E-state index contributed by atoms with van der Waals surface area (Å²) in [6.07, 6.45) is 3.37. The fourth-order valence-corrected chi connectivity index (χ4v) is 2.66. The van der Waals surface area contributed by atoms with Crippen molar-refractivity contribution >= 4 is 17.7 Å². The van der Waals surface area contributed by atoms with Crippen molar-refractivity contribution in [3.8, 4) is 0 Å². The quantitative estimate of drug-likeness (QED) is 0.455. The Morgan fingerprint density at radius 2 is 1.89 bits per heavy atom. The number of carbonyl (C=O) groups excluding carboxylic acids is 3.